The first-order chi connectivity index (χ1) is 15.5. The second kappa shape index (κ2) is 10.7. The Hall–Kier alpha value is -4.29. The first kappa shape index (κ1) is 22.4. The SMILES string of the molecule is COCc1cc(C)nc(N/N=C\c2cccc(OCc3ccc([N+](=O)[O-])cc3)c2)c1C#N. The lowest BCUT2D eigenvalue weighted by molar-refractivity contribution is -0.384. The number of hydrogen-bond donors (Lipinski definition) is 1. The molecule has 0 bridgehead atoms. The van der Waals surface area contributed by atoms with E-state index in [2.05, 4.69) is 21.6 Å². The molecule has 0 spiro atoms. The maximum Gasteiger partial charge on any atom is 0.269 e. The van der Waals surface area contributed by atoms with Gasteiger partial charge in [0.1, 0.15) is 24.0 Å². The summed E-state index contributed by atoms with van der Waals surface area (Å²) in [5.74, 6) is 0.988. The molecule has 0 fully saturated rings. The highest BCUT2D eigenvalue weighted by Crippen LogP contribution is 2.20. The van der Waals surface area contributed by atoms with E-state index in [0.717, 1.165) is 22.4 Å². The Morgan fingerprint density at radius 3 is 2.69 bits per heavy atom. The van der Waals surface area contributed by atoms with Gasteiger partial charge in [0, 0.05) is 30.5 Å². The van der Waals surface area contributed by atoms with Crippen LogP contribution in [0.3, 0.4) is 0 Å². The summed E-state index contributed by atoms with van der Waals surface area (Å²) in [5, 5.41) is 24.4. The lowest BCUT2D eigenvalue weighted by Crippen LogP contribution is -2.03. The molecule has 0 unspecified atom stereocenters. The number of hydrazone groups is 1. The van der Waals surface area contributed by atoms with Crippen molar-refractivity contribution in [3.63, 3.8) is 0 Å². The third kappa shape index (κ3) is 5.87. The Kier molecular flexibility index (Phi) is 7.46. The summed E-state index contributed by atoms with van der Waals surface area (Å²) in [4.78, 5) is 14.6. The molecule has 1 heterocycles. The molecule has 0 saturated carbocycles. The van der Waals surface area contributed by atoms with E-state index in [-0.39, 0.29) is 12.3 Å². The van der Waals surface area contributed by atoms with E-state index in [1.807, 2.05) is 37.3 Å². The van der Waals surface area contributed by atoms with E-state index in [0.29, 0.717) is 23.7 Å². The first-order valence-corrected chi connectivity index (χ1v) is 9.65. The molecular formula is C23H21N5O4. The molecule has 0 radical (unpaired) electrons. The van der Waals surface area contributed by atoms with Gasteiger partial charge < -0.3 is 9.47 Å². The van der Waals surface area contributed by atoms with Crippen LogP contribution in [0.4, 0.5) is 11.5 Å². The number of pyridine rings is 1. The normalized spacial score (nSPS) is 10.7. The van der Waals surface area contributed by atoms with Crippen molar-refractivity contribution in [2.75, 3.05) is 12.5 Å². The molecule has 3 aromatic rings. The van der Waals surface area contributed by atoms with E-state index in [9.17, 15) is 15.4 Å². The van der Waals surface area contributed by atoms with Crippen molar-refractivity contribution in [1.82, 2.24) is 4.98 Å². The van der Waals surface area contributed by atoms with E-state index < -0.39 is 4.92 Å². The number of benzene rings is 2. The van der Waals surface area contributed by atoms with E-state index >= 15 is 0 Å². The van der Waals surface area contributed by atoms with Crippen LogP contribution in [0.5, 0.6) is 5.75 Å². The highest BCUT2D eigenvalue weighted by Gasteiger charge is 2.11. The predicted octanol–water partition coefficient (Wildman–Crippen LogP) is 4.34. The number of non-ortho nitro benzene ring substituents is 1. The maximum atomic E-state index is 10.7. The van der Waals surface area contributed by atoms with Gasteiger partial charge in [-0.15, -0.1) is 0 Å². The number of aryl methyl sites for hydroxylation is 1. The van der Waals surface area contributed by atoms with Crippen LogP contribution < -0.4 is 10.2 Å². The Balaban J connectivity index is 1.66. The smallest absolute Gasteiger partial charge is 0.269 e. The number of aromatic nitrogens is 1. The molecule has 0 saturated heterocycles. The van der Waals surface area contributed by atoms with Gasteiger partial charge in [-0.05, 0) is 48.4 Å². The fraction of sp³-hybridized carbons (Fsp3) is 0.174. The van der Waals surface area contributed by atoms with Gasteiger partial charge in [-0.1, -0.05) is 12.1 Å². The number of nitriles is 1. The highest BCUT2D eigenvalue weighted by molar-refractivity contribution is 5.81. The summed E-state index contributed by atoms with van der Waals surface area (Å²) in [6, 6.07) is 17.5. The van der Waals surface area contributed by atoms with Gasteiger partial charge in [0.15, 0.2) is 5.82 Å². The lowest BCUT2D eigenvalue weighted by atomic mass is 10.1. The Morgan fingerprint density at radius 1 is 1.22 bits per heavy atom. The lowest BCUT2D eigenvalue weighted by Gasteiger charge is -2.09. The minimum atomic E-state index is -0.439. The van der Waals surface area contributed by atoms with Crippen molar-refractivity contribution < 1.29 is 14.4 Å². The molecule has 9 heteroatoms. The molecule has 2 aromatic carbocycles. The van der Waals surface area contributed by atoms with Crippen LogP contribution in [0.25, 0.3) is 0 Å². The number of ether oxygens (including phenoxy) is 2. The quantitative estimate of drug-likeness (QED) is 0.304. The minimum absolute atomic E-state index is 0.0384. The molecule has 3 rings (SSSR count). The Morgan fingerprint density at radius 2 is 2.00 bits per heavy atom. The third-order valence-corrected chi connectivity index (χ3v) is 4.44. The predicted molar refractivity (Wildman–Crippen MR) is 119 cm³/mol. The van der Waals surface area contributed by atoms with E-state index in [1.165, 1.54) is 12.1 Å². The summed E-state index contributed by atoms with van der Waals surface area (Å²) in [6.45, 7) is 2.41. The van der Waals surface area contributed by atoms with E-state index in [4.69, 9.17) is 9.47 Å². The number of anilines is 1. The second-order valence-electron chi connectivity index (χ2n) is 6.85. The van der Waals surface area contributed by atoms with Crippen molar-refractivity contribution >= 4 is 17.7 Å². The first-order valence-electron chi connectivity index (χ1n) is 9.65. The van der Waals surface area contributed by atoms with Gasteiger partial charge in [-0.2, -0.15) is 10.4 Å². The molecule has 162 valence electrons. The topological polar surface area (TPSA) is 123 Å². The molecule has 32 heavy (non-hydrogen) atoms. The van der Waals surface area contributed by atoms with Crippen molar-refractivity contribution in [3.05, 3.63) is 92.7 Å². The fourth-order valence-corrected chi connectivity index (χ4v) is 2.95. The number of nitrogens with one attached hydrogen (secondary N) is 1. The Bertz CT molecular complexity index is 1170. The van der Waals surface area contributed by atoms with Gasteiger partial charge in [-0.25, -0.2) is 4.98 Å². The molecule has 1 N–H and O–H groups in total. The standard InChI is InChI=1S/C23H21N5O4/c1-16-10-19(15-31-2)22(12-24)23(26-16)27-25-13-18-4-3-5-21(11-18)32-14-17-6-8-20(9-7-17)28(29)30/h3-11,13H,14-15H2,1-2H3,(H,26,27)/b25-13-. The van der Waals surface area contributed by atoms with Crippen LogP contribution >= 0.6 is 0 Å². The van der Waals surface area contributed by atoms with Gasteiger partial charge in [-0.3, -0.25) is 15.5 Å². The average molecular weight is 431 g/mol. The van der Waals surface area contributed by atoms with E-state index in [1.54, 1.807) is 25.5 Å². The summed E-state index contributed by atoms with van der Waals surface area (Å²) < 4.78 is 10.9. The third-order valence-electron chi connectivity index (χ3n) is 4.44. The summed E-state index contributed by atoms with van der Waals surface area (Å²) in [5.41, 5.74) is 6.33. The average Bonchev–Trinajstić information content (AvgIpc) is 2.78. The zero-order valence-electron chi connectivity index (χ0n) is 17.6. The monoisotopic (exact) mass is 431 g/mol. The molecule has 0 amide bonds. The molecule has 9 nitrogen and oxygen atoms in total. The van der Waals surface area contributed by atoms with Gasteiger partial charge >= 0.3 is 0 Å². The molecule has 0 aliphatic rings. The molecule has 1 aromatic heterocycles. The van der Waals surface area contributed by atoms with Gasteiger partial charge in [0.25, 0.3) is 5.69 Å². The molecule has 0 aliphatic heterocycles. The molecule has 0 atom stereocenters. The fourth-order valence-electron chi connectivity index (χ4n) is 2.95. The van der Waals surface area contributed by atoms with Gasteiger partial charge in [0.05, 0.1) is 17.7 Å². The van der Waals surface area contributed by atoms with Gasteiger partial charge in [0.2, 0.25) is 0 Å². The number of nitrogens with zero attached hydrogens (tertiary/aromatic N) is 4. The van der Waals surface area contributed by atoms with Crippen molar-refractivity contribution in [1.29, 1.82) is 5.26 Å². The zero-order chi connectivity index (χ0) is 22.9. The van der Waals surface area contributed by atoms with Crippen LogP contribution in [-0.2, 0) is 18.0 Å². The molecule has 0 aliphatic carbocycles. The summed E-state index contributed by atoms with van der Waals surface area (Å²) >= 11 is 0. The van der Waals surface area contributed by atoms with Crippen LogP contribution in [0.2, 0.25) is 0 Å². The number of methoxy groups -OCH3 is 1. The zero-order valence-corrected chi connectivity index (χ0v) is 17.6. The maximum absolute atomic E-state index is 10.7. The van der Waals surface area contributed by atoms with Crippen LogP contribution in [0.1, 0.15) is 27.9 Å². The van der Waals surface area contributed by atoms with Crippen molar-refractivity contribution in [2.45, 2.75) is 20.1 Å². The molecular weight excluding hydrogens is 410 g/mol. The van der Waals surface area contributed by atoms with Crippen LogP contribution in [0, 0.1) is 28.4 Å². The van der Waals surface area contributed by atoms with Crippen molar-refractivity contribution in [3.8, 4) is 11.8 Å². The Labute approximate surface area is 185 Å². The number of nitro benzene ring substituents is 1. The summed E-state index contributed by atoms with van der Waals surface area (Å²) in [6.07, 6.45) is 1.60. The number of hydrogen-bond acceptors (Lipinski definition) is 8. The number of rotatable bonds is 9. The van der Waals surface area contributed by atoms with Crippen LogP contribution in [-0.4, -0.2) is 23.2 Å². The minimum Gasteiger partial charge on any atom is -0.489 e. The summed E-state index contributed by atoms with van der Waals surface area (Å²) in [7, 11) is 1.57. The highest BCUT2D eigenvalue weighted by atomic mass is 16.6. The second-order valence-corrected chi connectivity index (χ2v) is 6.85. The largest absolute Gasteiger partial charge is 0.489 e. The number of nitro groups is 1. The van der Waals surface area contributed by atoms with Crippen molar-refractivity contribution in [2.24, 2.45) is 5.10 Å². The van der Waals surface area contributed by atoms with Crippen LogP contribution in [0.15, 0.2) is 59.7 Å².